The molecule has 2 aromatic rings. The molecule has 1 atom stereocenters. The fourth-order valence-corrected chi connectivity index (χ4v) is 2.74. The Hall–Kier alpha value is -0.990. The molecule has 1 nitrogen and oxygen atoms in total. The van der Waals surface area contributed by atoms with Crippen LogP contribution in [0.1, 0.15) is 37.8 Å². The number of halogens is 2. The van der Waals surface area contributed by atoms with Crippen molar-refractivity contribution < 1.29 is 0 Å². The molecule has 0 heterocycles. The van der Waals surface area contributed by atoms with Gasteiger partial charge in [-0.25, -0.2) is 0 Å². The zero-order valence-corrected chi connectivity index (χ0v) is 13.9. The van der Waals surface area contributed by atoms with E-state index in [-0.39, 0.29) is 0 Å². The van der Waals surface area contributed by atoms with Gasteiger partial charge >= 0.3 is 0 Å². The summed E-state index contributed by atoms with van der Waals surface area (Å²) in [6, 6.07) is 16.7. The summed E-state index contributed by atoms with van der Waals surface area (Å²) in [5, 5.41) is 4.36. The smallest absolute Gasteiger partial charge is 0.0514 e. The maximum atomic E-state index is 6.09. The van der Waals surface area contributed by atoms with Gasteiger partial charge in [0.25, 0.3) is 0 Å². The molecule has 0 saturated heterocycles. The molecule has 0 saturated carbocycles. The first-order valence-corrected chi connectivity index (χ1v) is 8.14. The third-order valence-electron chi connectivity index (χ3n) is 3.31. The fraction of sp³-hybridized carbons (Fsp3) is 0.294. The molecule has 0 aliphatic carbocycles. The van der Waals surface area contributed by atoms with Crippen molar-refractivity contribution in [1.29, 1.82) is 0 Å². The highest BCUT2D eigenvalue weighted by atomic mass is 79.9. The molecular weight excluding hydrogens is 334 g/mol. The average molecular weight is 353 g/mol. The van der Waals surface area contributed by atoms with Gasteiger partial charge in [0.2, 0.25) is 0 Å². The summed E-state index contributed by atoms with van der Waals surface area (Å²) in [7, 11) is 0. The van der Waals surface area contributed by atoms with Crippen molar-refractivity contribution in [3.05, 3.63) is 63.6 Å². The van der Waals surface area contributed by atoms with E-state index in [0.29, 0.717) is 6.04 Å². The highest BCUT2D eigenvalue weighted by Gasteiger charge is 2.12. The number of hydrogen-bond acceptors (Lipinski definition) is 1. The highest BCUT2D eigenvalue weighted by molar-refractivity contribution is 9.10. The molecular formula is C17H19BrClN. The lowest BCUT2D eigenvalue weighted by atomic mass is 10.0. The summed E-state index contributed by atoms with van der Waals surface area (Å²) in [6.45, 7) is 2.22. The standard InChI is InChI=1S/C17H19BrClN/c1-2-3-9-16(13-7-5-4-6-8-13)20-17-12-14(19)10-11-15(17)18/h4-8,10-12,16,20H,2-3,9H2,1H3. The summed E-state index contributed by atoms with van der Waals surface area (Å²) in [6.07, 6.45) is 3.51. The molecule has 2 aromatic carbocycles. The number of benzene rings is 2. The summed E-state index contributed by atoms with van der Waals surface area (Å²) < 4.78 is 1.04. The Morgan fingerprint density at radius 3 is 2.60 bits per heavy atom. The van der Waals surface area contributed by atoms with Gasteiger partial charge in [0, 0.05) is 9.50 Å². The van der Waals surface area contributed by atoms with E-state index in [1.54, 1.807) is 0 Å². The number of hydrogen-bond donors (Lipinski definition) is 1. The van der Waals surface area contributed by atoms with Crippen molar-refractivity contribution in [2.24, 2.45) is 0 Å². The van der Waals surface area contributed by atoms with Crippen LogP contribution in [0.2, 0.25) is 5.02 Å². The molecule has 106 valence electrons. The molecule has 2 rings (SSSR count). The average Bonchev–Trinajstić information content (AvgIpc) is 2.48. The minimum atomic E-state index is 0.311. The summed E-state index contributed by atoms with van der Waals surface area (Å²) in [5.74, 6) is 0. The van der Waals surface area contributed by atoms with Gasteiger partial charge in [-0.1, -0.05) is 61.7 Å². The maximum Gasteiger partial charge on any atom is 0.0514 e. The molecule has 0 amide bonds. The molecule has 0 bridgehead atoms. The van der Waals surface area contributed by atoms with Crippen LogP contribution in [0.5, 0.6) is 0 Å². The predicted octanol–water partition coefficient (Wildman–Crippen LogP) is 6.45. The van der Waals surface area contributed by atoms with Crippen LogP contribution >= 0.6 is 27.5 Å². The van der Waals surface area contributed by atoms with Crippen molar-refractivity contribution in [3.8, 4) is 0 Å². The third-order valence-corrected chi connectivity index (χ3v) is 4.23. The van der Waals surface area contributed by atoms with Crippen LogP contribution in [0.15, 0.2) is 53.0 Å². The van der Waals surface area contributed by atoms with Crippen molar-refractivity contribution in [1.82, 2.24) is 0 Å². The van der Waals surface area contributed by atoms with Gasteiger partial charge in [-0.2, -0.15) is 0 Å². The van der Waals surface area contributed by atoms with Crippen LogP contribution in [0.25, 0.3) is 0 Å². The van der Waals surface area contributed by atoms with E-state index in [9.17, 15) is 0 Å². The maximum absolute atomic E-state index is 6.09. The lowest BCUT2D eigenvalue weighted by Crippen LogP contribution is -2.11. The third kappa shape index (κ3) is 4.26. The monoisotopic (exact) mass is 351 g/mol. The second-order valence-electron chi connectivity index (χ2n) is 4.87. The molecule has 20 heavy (non-hydrogen) atoms. The van der Waals surface area contributed by atoms with E-state index < -0.39 is 0 Å². The Kier molecular flexibility index (Phi) is 5.93. The SMILES string of the molecule is CCCCC(Nc1cc(Cl)ccc1Br)c1ccccc1. The minimum absolute atomic E-state index is 0.311. The number of rotatable bonds is 6. The molecule has 0 fully saturated rings. The van der Waals surface area contributed by atoms with Crippen molar-refractivity contribution in [2.75, 3.05) is 5.32 Å². The fourth-order valence-electron chi connectivity index (χ4n) is 2.21. The van der Waals surface area contributed by atoms with Crippen LogP contribution in [0.3, 0.4) is 0 Å². The Morgan fingerprint density at radius 2 is 1.90 bits per heavy atom. The van der Waals surface area contributed by atoms with Gasteiger partial charge in [0.1, 0.15) is 0 Å². The Balaban J connectivity index is 2.21. The number of nitrogens with one attached hydrogen (secondary N) is 1. The van der Waals surface area contributed by atoms with Gasteiger partial charge in [-0.3, -0.25) is 0 Å². The molecule has 0 radical (unpaired) electrons. The van der Waals surface area contributed by atoms with Gasteiger partial charge < -0.3 is 5.32 Å². The summed E-state index contributed by atoms with van der Waals surface area (Å²) in [4.78, 5) is 0. The minimum Gasteiger partial charge on any atom is -0.377 e. The Morgan fingerprint density at radius 1 is 1.15 bits per heavy atom. The van der Waals surface area contributed by atoms with Gasteiger partial charge in [0.05, 0.1) is 11.7 Å². The number of unbranched alkanes of at least 4 members (excludes halogenated alkanes) is 1. The zero-order valence-electron chi connectivity index (χ0n) is 11.6. The quantitative estimate of drug-likeness (QED) is 0.630. The van der Waals surface area contributed by atoms with Crippen LogP contribution in [-0.4, -0.2) is 0 Å². The zero-order chi connectivity index (χ0) is 14.4. The first-order valence-electron chi connectivity index (χ1n) is 6.97. The molecule has 3 heteroatoms. The Bertz CT molecular complexity index is 542. The van der Waals surface area contributed by atoms with Crippen LogP contribution in [0, 0.1) is 0 Å². The van der Waals surface area contributed by atoms with Crippen molar-refractivity contribution in [2.45, 2.75) is 32.2 Å². The van der Waals surface area contributed by atoms with E-state index in [1.807, 2.05) is 18.2 Å². The van der Waals surface area contributed by atoms with Crippen LogP contribution in [-0.2, 0) is 0 Å². The van der Waals surface area contributed by atoms with Crippen LogP contribution in [0.4, 0.5) is 5.69 Å². The Labute approximate surface area is 134 Å². The second-order valence-corrected chi connectivity index (χ2v) is 6.16. The molecule has 1 unspecified atom stereocenters. The summed E-state index contributed by atoms with van der Waals surface area (Å²) >= 11 is 9.67. The lowest BCUT2D eigenvalue weighted by Gasteiger charge is -2.21. The largest absolute Gasteiger partial charge is 0.377 e. The highest BCUT2D eigenvalue weighted by Crippen LogP contribution is 2.31. The predicted molar refractivity (Wildman–Crippen MR) is 91.5 cm³/mol. The lowest BCUT2D eigenvalue weighted by molar-refractivity contribution is 0.634. The van der Waals surface area contributed by atoms with E-state index in [2.05, 4.69) is 58.5 Å². The summed E-state index contributed by atoms with van der Waals surface area (Å²) in [5.41, 5.74) is 2.36. The topological polar surface area (TPSA) is 12.0 Å². The van der Waals surface area contributed by atoms with E-state index >= 15 is 0 Å². The molecule has 0 aliphatic heterocycles. The van der Waals surface area contributed by atoms with E-state index in [0.717, 1.165) is 21.6 Å². The molecule has 1 N–H and O–H groups in total. The first kappa shape index (κ1) is 15.4. The van der Waals surface area contributed by atoms with Gasteiger partial charge in [-0.05, 0) is 46.1 Å². The van der Waals surface area contributed by atoms with Crippen molar-refractivity contribution >= 4 is 33.2 Å². The van der Waals surface area contributed by atoms with Crippen molar-refractivity contribution in [3.63, 3.8) is 0 Å². The number of anilines is 1. The second kappa shape index (κ2) is 7.70. The normalized spacial score (nSPS) is 12.2. The molecule has 0 aliphatic rings. The van der Waals surface area contributed by atoms with E-state index in [1.165, 1.54) is 18.4 Å². The van der Waals surface area contributed by atoms with Crippen LogP contribution < -0.4 is 5.32 Å². The molecule has 0 aromatic heterocycles. The molecule has 0 spiro atoms. The first-order chi connectivity index (χ1) is 9.70. The van der Waals surface area contributed by atoms with Gasteiger partial charge in [-0.15, -0.1) is 0 Å². The van der Waals surface area contributed by atoms with Gasteiger partial charge in [0.15, 0.2) is 0 Å². The van der Waals surface area contributed by atoms with E-state index in [4.69, 9.17) is 11.6 Å².